The topological polar surface area (TPSA) is 53.4 Å². The van der Waals surface area contributed by atoms with E-state index in [1.54, 1.807) is 17.0 Å². The molecule has 214 valence electrons. The third kappa shape index (κ3) is 7.22. The van der Waals surface area contributed by atoms with Gasteiger partial charge in [-0.15, -0.1) is 24.0 Å². The van der Waals surface area contributed by atoms with E-state index in [1.165, 1.54) is 23.1 Å². The lowest BCUT2D eigenvalue weighted by atomic mass is 10.0. The molecule has 0 radical (unpaired) electrons. The van der Waals surface area contributed by atoms with Gasteiger partial charge in [-0.1, -0.05) is 133 Å². The fourth-order valence-electron chi connectivity index (χ4n) is 4.69. The second kappa shape index (κ2) is 13.8. The number of hydrogen-bond donors (Lipinski definition) is 1. The number of ether oxygens (including phenoxy) is 1. The van der Waals surface area contributed by atoms with E-state index < -0.39 is 12.2 Å². The van der Waals surface area contributed by atoms with Crippen molar-refractivity contribution in [1.82, 2.24) is 9.71 Å². The Kier molecular flexibility index (Phi) is 9.28. The molecular weight excluding hydrogens is 593 g/mol. The molecular formula is C35H28N2O3S3. The Balaban J connectivity index is 1.41. The molecule has 2 heterocycles. The van der Waals surface area contributed by atoms with Crippen LogP contribution in [0.2, 0.25) is 0 Å². The molecule has 0 amide bonds. The van der Waals surface area contributed by atoms with Crippen LogP contribution in [0.15, 0.2) is 153 Å². The number of rotatable bonds is 11. The maximum Gasteiger partial charge on any atom is 0.223 e. The monoisotopic (exact) mass is 620 g/mol. The molecule has 0 aliphatic rings. The van der Waals surface area contributed by atoms with Crippen LogP contribution in [0.3, 0.4) is 0 Å². The Morgan fingerprint density at radius 1 is 0.744 bits per heavy atom. The van der Waals surface area contributed by atoms with E-state index in [9.17, 15) is 4.79 Å². The lowest BCUT2D eigenvalue weighted by Crippen LogP contribution is -2.25. The largest absolute Gasteiger partial charge is 0.475 e. The summed E-state index contributed by atoms with van der Waals surface area (Å²) in [5, 5.41) is 2.79. The number of pyridine rings is 1. The fourth-order valence-corrected chi connectivity index (χ4v) is 6.57. The van der Waals surface area contributed by atoms with E-state index in [1.807, 2.05) is 127 Å². The van der Waals surface area contributed by atoms with Gasteiger partial charge >= 0.3 is 0 Å². The number of aromatic nitrogens is 2. The molecule has 2 aromatic heterocycles. The number of nitrogens with zero attached hydrogens (tertiary/aromatic N) is 2. The summed E-state index contributed by atoms with van der Waals surface area (Å²) in [7, 11) is 0. The Morgan fingerprint density at radius 3 is 1.70 bits per heavy atom. The summed E-state index contributed by atoms with van der Waals surface area (Å²) in [5.74, 6) is 0.654. The highest BCUT2D eigenvalue weighted by atomic mass is 32.2. The summed E-state index contributed by atoms with van der Waals surface area (Å²) in [6, 6.07) is 41.5. The average molecular weight is 621 g/mol. The molecule has 0 saturated carbocycles. The van der Waals surface area contributed by atoms with Gasteiger partial charge in [0.1, 0.15) is 15.5 Å². The summed E-state index contributed by atoms with van der Waals surface area (Å²) >= 11 is 7.34. The summed E-state index contributed by atoms with van der Waals surface area (Å²) in [6.07, 6.45) is 0.761. The highest BCUT2D eigenvalue weighted by Gasteiger charge is 2.22. The molecule has 6 aromatic rings. The van der Waals surface area contributed by atoms with Crippen molar-refractivity contribution in [3.8, 4) is 5.75 Å². The second-order valence-corrected chi connectivity index (χ2v) is 12.3. The lowest BCUT2D eigenvalue weighted by molar-refractivity contribution is 0.0528. The SMILES string of the molecule is O=c1cc(CSc2csc(S)n2)n(OC(c2ccccc2)c2ccccc2)cc1OC(c1ccccc1)c1ccccc1. The van der Waals surface area contributed by atoms with Crippen LogP contribution in [0.4, 0.5) is 0 Å². The van der Waals surface area contributed by atoms with Gasteiger partial charge in [-0.25, -0.2) is 4.98 Å². The molecule has 5 nitrogen and oxygen atoms in total. The normalized spacial score (nSPS) is 11.1. The Labute approximate surface area is 264 Å². The van der Waals surface area contributed by atoms with Gasteiger partial charge in [0.2, 0.25) is 5.43 Å². The van der Waals surface area contributed by atoms with Gasteiger partial charge in [0.25, 0.3) is 0 Å². The van der Waals surface area contributed by atoms with Gasteiger partial charge in [-0.05, 0) is 22.3 Å². The van der Waals surface area contributed by atoms with Gasteiger partial charge in [0.15, 0.2) is 11.9 Å². The van der Waals surface area contributed by atoms with E-state index in [0.29, 0.717) is 15.8 Å². The molecule has 8 heteroatoms. The molecule has 43 heavy (non-hydrogen) atoms. The molecule has 0 spiro atoms. The Hall–Kier alpha value is -4.24. The zero-order valence-corrected chi connectivity index (χ0v) is 25.6. The summed E-state index contributed by atoms with van der Waals surface area (Å²) in [4.78, 5) is 24.8. The molecule has 0 aliphatic carbocycles. The van der Waals surface area contributed by atoms with E-state index in [4.69, 9.17) is 9.57 Å². The van der Waals surface area contributed by atoms with Gasteiger partial charge in [0.05, 0.1) is 11.9 Å². The average Bonchev–Trinajstić information content (AvgIpc) is 3.49. The lowest BCUT2D eigenvalue weighted by Gasteiger charge is -2.25. The van der Waals surface area contributed by atoms with E-state index >= 15 is 0 Å². The maximum absolute atomic E-state index is 13.6. The van der Waals surface area contributed by atoms with Crippen molar-refractivity contribution in [3.63, 3.8) is 0 Å². The molecule has 4 aromatic carbocycles. The van der Waals surface area contributed by atoms with Crippen LogP contribution >= 0.6 is 35.7 Å². The third-order valence-electron chi connectivity index (χ3n) is 6.77. The minimum absolute atomic E-state index is 0.192. The number of thioether (sulfide) groups is 1. The van der Waals surface area contributed by atoms with Crippen LogP contribution in [-0.2, 0) is 5.75 Å². The maximum atomic E-state index is 13.6. The first-order valence-corrected chi connectivity index (χ1v) is 16.0. The third-order valence-corrected chi connectivity index (χ3v) is 8.92. The highest BCUT2D eigenvalue weighted by Crippen LogP contribution is 2.30. The van der Waals surface area contributed by atoms with Crippen molar-refractivity contribution in [2.24, 2.45) is 0 Å². The van der Waals surface area contributed by atoms with Gasteiger partial charge < -0.3 is 9.57 Å². The molecule has 0 unspecified atom stereocenters. The van der Waals surface area contributed by atoms with Crippen LogP contribution in [0.1, 0.15) is 40.2 Å². The molecule has 0 fully saturated rings. The van der Waals surface area contributed by atoms with Gasteiger partial charge in [-0.2, -0.15) is 4.73 Å². The summed E-state index contributed by atoms with van der Waals surface area (Å²) in [5.41, 5.74) is 4.31. The zero-order valence-electron chi connectivity index (χ0n) is 23.0. The van der Waals surface area contributed by atoms with Crippen molar-refractivity contribution in [1.29, 1.82) is 0 Å². The van der Waals surface area contributed by atoms with E-state index in [0.717, 1.165) is 27.3 Å². The smallest absolute Gasteiger partial charge is 0.223 e. The predicted molar refractivity (Wildman–Crippen MR) is 176 cm³/mol. The molecule has 0 N–H and O–H groups in total. The quantitative estimate of drug-likeness (QED) is 0.117. The first-order valence-electron chi connectivity index (χ1n) is 13.7. The van der Waals surface area contributed by atoms with Crippen molar-refractivity contribution >= 4 is 35.7 Å². The zero-order chi connectivity index (χ0) is 29.4. The van der Waals surface area contributed by atoms with Crippen LogP contribution in [0.5, 0.6) is 5.75 Å². The number of thiol groups is 1. The molecule has 0 bridgehead atoms. The predicted octanol–water partition coefficient (Wildman–Crippen LogP) is 8.27. The number of benzene rings is 4. The summed E-state index contributed by atoms with van der Waals surface area (Å²) in [6.45, 7) is 0. The molecule has 0 aliphatic heterocycles. The van der Waals surface area contributed by atoms with Crippen molar-refractivity contribution < 1.29 is 9.57 Å². The first-order chi connectivity index (χ1) is 21.1. The van der Waals surface area contributed by atoms with Crippen LogP contribution < -0.4 is 15.0 Å². The van der Waals surface area contributed by atoms with E-state index in [2.05, 4.69) is 17.6 Å². The minimum Gasteiger partial charge on any atom is -0.475 e. The van der Waals surface area contributed by atoms with Crippen molar-refractivity contribution in [2.45, 2.75) is 27.3 Å². The van der Waals surface area contributed by atoms with Crippen molar-refractivity contribution in [3.05, 3.63) is 177 Å². The summed E-state index contributed by atoms with van der Waals surface area (Å²) < 4.78 is 8.90. The standard InChI is InChI=1S/C35H28N2O3S3/c38-30-21-29(23-42-32-24-43-35(41)36-32)37(40-34(27-17-9-3-10-18-27)28-19-11-4-12-20-28)22-31(30)39-33(25-13-5-1-6-14-25)26-15-7-2-8-16-26/h1-22,24,33-34H,23H2,(H,36,41). The van der Waals surface area contributed by atoms with Crippen molar-refractivity contribution in [2.75, 3.05) is 0 Å². The highest BCUT2D eigenvalue weighted by molar-refractivity contribution is 7.98. The molecule has 0 atom stereocenters. The van der Waals surface area contributed by atoms with Crippen LogP contribution in [0.25, 0.3) is 0 Å². The second-order valence-electron chi connectivity index (χ2n) is 9.70. The first kappa shape index (κ1) is 28.9. The Morgan fingerprint density at radius 2 is 1.23 bits per heavy atom. The fraction of sp³-hybridized carbons (Fsp3) is 0.0857. The minimum atomic E-state index is -0.480. The number of hydrogen-bond acceptors (Lipinski definition) is 7. The van der Waals surface area contributed by atoms with Crippen LogP contribution in [0, 0.1) is 0 Å². The van der Waals surface area contributed by atoms with Gasteiger partial charge in [0, 0.05) is 17.2 Å². The van der Waals surface area contributed by atoms with Crippen LogP contribution in [-0.4, -0.2) is 9.71 Å². The van der Waals surface area contributed by atoms with Gasteiger partial charge in [-0.3, -0.25) is 4.79 Å². The number of thiazole rings is 1. The van der Waals surface area contributed by atoms with E-state index in [-0.39, 0.29) is 11.2 Å². The molecule has 6 rings (SSSR count). The molecule has 0 saturated heterocycles. The Bertz CT molecular complexity index is 1730.